The molecule has 1 aromatic heterocycles. The number of nitrogens with zero attached hydrogens (tertiary/aromatic N) is 1. The van der Waals surface area contributed by atoms with E-state index in [2.05, 4.69) is 44.1 Å². The third-order valence-electron chi connectivity index (χ3n) is 3.57. The Kier molecular flexibility index (Phi) is 4.66. The molecule has 4 nitrogen and oxygen atoms in total. The molecule has 1 atom stereocenters. The van der Waals surface area contributed by atoms with Gasteiger partial charge in [0.2, 0.25) is 0 Å². The second-order valence-electron chi connectivity index (χ2n) is 6.41. The average molecular weight is 266 g/mol. The Morgan fingerprint density at radius 3 is 2.84 bits per heavy atom. The average Bonchev–Trinajstić information content (AvgIpc) is 2.96. The highest BCUT2D eigenvalue weighted by molar-refractivity contribution is 5.17. The first-order valence-corrected chi connectivity index (χ1v) is 7.04. The molecule has 0 saturated carbocycles. The van der Waals surface area contributed by atoms with Crippen molar-refractivity contribution in [1.29, 1.82) is 0 Å². The van der Waals surface area contributed by atoms with Crippen molar-refractivity contribution < 1.29 is 9.15 Å². The van der Waals surface area contributed by atoms with E-state index in [1.54, 1.807) is 6.26 Å². The lowest BCUT2D eigenvalue weighted by Crippen LogP contribution is -2.35. The van der Waals surface area contributed by atoms with Gasteiger partial charge in [0.25, 0.3) is 0 Å². The first kappa shape index (κ1) is 14.6. The maximum atomic E-state index is 5.60. The van der Waals surface area contributed by atoms with Crippen molar-refractivity contribution in [3.05, 3.63) is 23.7 Å². The van der Waals surface area contributed by atoms with Crippen LogP contribution in [0.3, 0.4) is 0 Å². The maximum Gasteiger partial charge on any atom is 0.122 e. The molecule has 1 fully saturated rings. The summed E-state index contributed by atoms with van der Waals surface area (Å²) in [5, 5.41) is 3.47. The van der Waals surface area contributed by atoms with Crippen LogP contribution >= 0.6 is 0 Å². The van der Waals surface area contributed by atoms with Crippen molar-refractivity contribution in [3.8, 4) is 0 Å². The quantitative estimate of drug-likeness (QED) is 0.888. The maximum absolute atomic E-state index is 5.60. The Morgan fingerprint density at radius 1 is 1.42 bits per heavy atom. The second-order valence-corrected chi connectivity index (χ2v) is 6.41. The van der Waals surface area contributed by atoms with Gasteiger partial charge in [0.1, 0.15) is 5.76 Å². The molecule has 19 heavy (non-hydrogen) atoms. The third kappa shape index (κ3) is 4.34. The SMILES string of the molecule is CN(Cc1ccoc1CNC(C)(C)C)C1CCOC1. The fourth-order valence-corrected chi connectivity index (χ4v) is 2.28. The molecule has 0 amide bonds. The van der Waals surface area contributed by atoms with E-state index in [1.807, 2.05) is 0 Å². The number of rotatable bonds is 5. The van der Waals surface area contributed by atoms with Crippen molar-refractivity contribution >= 4 is 0 Å². The van der Waals surface area contributed by atoms with E-state index >= 15 is 0 Å². The van der Waals surface area contributed by atoms with E-state index in [1.165, 1.54) is 5.56 Å². The number of hydrogen-bond acceptors (Lipinski definition) is 4. The van der Waals surface area contributed by atoms with E-state index in [0.717, 1.165) is 38.5 Å². The number of hydrogen-bond donors (Lipinski definition) is 1. The summed E-state index contributed by atoms with van der Waals surface area (Å²) < 4.78 is 11.0. The monoisotopic (exact) mass is 266 g/mol. The largest absolute Gasteiger partial charge is 0.468 e. The van der Waals surface area contributed by atoms with Gasteiger partial charge in [-0.05, 0) is 40.3 Å². The van der Waals surface area contributed by atoms with Crippen LogP contribution in [0, 0.1) is 0 Å². The Morgan fingerprint density at radius 2 is 2.21 bits per heavy atom. The molecule has 0 aromatic carbocycles. The molecular weight excluding hydrogens is 240 g/mol. The lowest BCUT2D eigenvalue weighted by Gasteiger charge is -2.23. The van der Waals surface area contributed by atoms with Gasteiger partial charge in [-0.3, -0.25) is 4.90 Å². The van der Waals surface area contributed by atoms with Crippen molar-refractivity contribution in [1.82, 2.24) is 10.2 Å². The van der Waals surface area contributed by atoms with Crippen molar-refractivity contribution in [2.75, 3.05) is 20.3 Å². The Hall–Kier alpha value is -0.840. The molecule has 1 aliphatic heterocycles. The molecule has 0 spiro atoms. The van der Waals surface area contributed by atoms with E-state index < -0.39 is 0 Å². The normalized spacial score (nSPS) is 20.4. The predicted octanol–water partition coefficient (Wildman–Crippen LogP) is 2.39. The van der Waals surface area contributed by atoms with Crippen molar-refractivity contribution in [3.63, 3.8) is 0 Å². The van der Waals surface area contributed by atoms with Crippen LogP contribution in [-0.2, 0) is 17.8 Å². The van der Waals surface area contributed by atoms with Crippen LogP contribution < -0.4 is 5.32 Å². The molecule has 0 bridgehead atoms. The lowest BCUT2D eigenvalue weighted by atomic mass is 10.1. The summed E-state index contributed by atoms with van der Waals surface area (Å²) >= 11 is 0. The minimum atomic E-state index is 0.106. The predicted molar refractivity (Wildman–Crippen MR) is 76.0 cm³/mol. The highest BCUT2D eigenvalue weighted by Crippen LogP contribution is 2.18. The van der Waals surface area contributed by atoms with Gasteiger partial charge in [0, 0.05) is 30.3 Å². The molecule has 2 rings (SSSR count). The number of ether oxygens (including phenoxy) is 1. The first-order chi connectivity index (χ1) is 8.96. The van der Waals surface area contributed by atoms with Gasteiger partial charge < -0.3 is 14.5 Å². The highest BCUT2D eigenvalue weighted by Gasteiger charge is 2.21. The smallest absolute Gasteiger partial charge is 0.122 e. The summed E-state index contributed by atoms with van der Waals surface area (Å²) in [5.74, 6) is 1.04. The topological polar surface area (TPSA) is 37.6 Å². The summed E-state index contributed by atoms with van der Waals surface area (Å²) in [6, 6.07) is 2.62. The Balaban J connectivity index is 1.91. The van der Waals surface area contributed by atoms with Gasteiger partial charge in [-0.1, -0.05) is 0 Å². The minimum absolute atomic E-state index is 0.106. The van der Waals surface area contributed by atoms with Crippen molar-refractivity contribution in [2.45, 2.75) is 51.9 Å². The van der Waals surface area contributed by atoms with Crippen LogP contribution in [0.4, 0.5) is 0 Å². The molecule has 108 valence electrons. The zero-order valence-electron chi connectivity index (χ0n) is 12.5. The molecule has 1 aromatic rings. The minimum Gasteiger partial charge on any atom is -0.468 e. The van der Waals surface area contributed by atoms with Crippen LogP contribution in [-0.4, -0.2) is 36.7 Å². The molecule has 1 aliphatic rings. The highest BCUT2D eigenvalue weighted by atomic mass is 16.5. The van der Waals surface area contributed by atoms with Gasteiger partial charge in [-0.15, -0.1) is 0 Å². The molecule has 1 N–H and O–H groups in total. The van der Waals surface area contributed by atoms with E-state index in [9.17, 15) is 0 Å². The van der Waals surface area contributed by atoms with E-state index in [-0.39, 0.29) is 5.54 Å². The van der Waals surface area contributed by atoms with Gasteiger partial charge in [0.15, 0.2) is 0 Å². The fourth-order valence-electron chi connectivity index (χ4n) is 2.28. The number of nitrogens with one attached hydrogen (secondary N) is 1. The molecule has 2 heterocycles. The van der Waals surface area contributed by atoms with Crippen LogP contribution in [0.25, 0.3) is 0 Å². The van der Waals surface area contributed by atoms with Crippen LogP contribution in [0.15, 0.2) is 16.7 Å². The lowest BCUT2D eigenvalue weighted by molar-refractivity contribution is 0.156. The Labute approximate surface area is 116 Å². The van der Waals surface area contributed by atoms with Crippen LogP contribution in [0.2, 0.25) is 0 Å². The number of furan rings is 1. The summed E-state index contributed by atoms with van der Waals surface area (Å²) in [6.07, 6.45) is 2.91. The van der Waals surface area contributed by atoms with Gasteiger partial charge >= 0.3 is 0 Å². The van der Waals surface area contributed by atoms with Crippen molar-refractivity contribution in [2.24, 2.45) is 0 Å². The standard InChI is InChI=1S/C15H26N2O2/c1-15(2,3)16-9-14-12(5-8-19-14)10-17(4)13-6-7-18-11-13/h5,8,13,16H,6-7,9-11H2,1-4H3. The van der Waals surface area contributed by atoms with Gasteiger partial charge in [-0.2, -0.15) is 0 Å². The number of likely N-dealkylation sites (N-methyl/N-ethyl adjacent to an activating group) is 1. The van der Waals surface area contributed by atoms with Gasteiger partial charge in [-0.25, -0.2) is 0 Å². The second kappa shape index (κ2) is 6.07. The van der Waals surface area contributed by atoms with E-state index in [0.29, 0.717) is 6.04 Å². The Bertz CT molecular complexity index is 389. The summed E-state index contributed by atoms with van der Waals surface area (Å²) in [5.41, 5.74) is 1.38. The van der Waals surface area contributed by atoms with Gasteiger partial charge in [0.05, 0.1) is 19.4 Å². The zero-order chi connectivity index (χ0) is 13.9. The summed E-state index contributed by atoms with van der Waals surface area (Å²) in [7, 11) is 2.16. The summed E-state index contributed by atoms with van der Waals surface area (Å²) in [6.45, 7) is 9.93. The van der Waals surface area contributed by atoms with E-state index in [4.69, 9.17) is 9.15 Å². The summed E-state index contributed by atoms with van der Waals surface area (Å²) in [4.78, 5) is 2.36. The molecule has 1 saturated heterocycles. The third-order valence-corrected chi connectivity index (χ3v) is 3.57. The zero-order valence-corrected chi connectivity index (χ0v) is 12.5. The van der Waals surface area contributed by atoms with Crippen LogP contribution in [0.1, 0.15) is 38.5 Å². The fraction of sp³-hybridized carbons (Fsp3) is 0.733. The first-order valence-electron chi connectivity index (χ1n) is 7.04. The molecule has 1 unspecified atom stereocenters. The molecular formula is C15H26N2O2. The van der Waals surface area contributed by atoms with Crippen LogP contribution in [0.5, 0.6) is 0 Å². The molecule has 4 heteroatoms. The molecule has 0 aliphatic carbocycles. The molecule has 0 radical (unpaired) electrons.